The zero-order valence-corrected chi connectivity index (χ0v) is 22.0. The number of rotatable bonds is 9. The molecule has 0 heterocycles. The minimum Gasteiger partial charge on any atom is -0.305 e. The van der Waals surface area contributed by atoms with Gasteiger partial charge in [0.1, 0.15) is 0 Å². The van der Waals surface area contributed by atoms with Gasteiger partial charge in [-0.3, -0.25) is 0 Å². The Morgan fingerprint density at radius 1 is 0.871 bits per heavy atom. The van der Waals surface area contributed by atoms with Crippen LogP contribution in [0.25, 0.3) is 0 Å². The second-order valence-electron chi connectivity index (χ2n) is 8.43. The Morgan fingerprint density at radius 3 is 1.77 bits per heavy atom. The van der Waals surface area contributed by atoms with Crippen molar-refractivity contribution in [1.82, 2.24) is 0 Å². The average molecular weight is 424 g/mol. The summed E-state index contributed by atoms with van der Waals surface area (Å²) in [5, 5.41) is 7.58. The molecule has 1 heteroatoms. The largest absolute Gasteiger partial charge is 0.305 e. The first-order valence-corrected chi connectivity index (χ1v) is 11.8. The average Bonchev–Trinajstić information content (AvgIpc) is 2.75. The van der Waals surface area contributed by atoms with Crippen LogP contribution in [0.4, 0.5) is 0 Å². The summed E-state index contributed by atoms with van der Waals surface area (Å²) >= 11 is 0. The van der Waals surface area contributed by atoms with Gasteiger partial charge in [-0.05, 0) is 95.1 Å². The highest BCUT2D eigenvalue weighted by molar-refractivity contribution is 5.96. The number of aryl methyl sites for hydroxylation is 2. The van der Waals surface area contributed by atoms with Gasteiger partial charge in [0.15, 0.2) is 0 Å². The zero-order chi connectivity index (χ0) is 24.4. The number of hydrogen-bond acceptors (Lipinski definition) is 1. The number of benzene rings is 1. The summed E-state index contributed by atoms with van der Waals surface area (Å²) in [4.78, 5) is 0. The molecule has 31 heavy (non-hydrogen) atoms. The predicted molar refractivity (Wildman–Crippen MR) is 144 cm³/mol. The van der Waals surface area contributed by atoms with Crippen LogP contribution in [-0.2, 0) is 6.42 Å². The topological polar surface area (TPSA) is 23.9 Å². The molecule has 0 aliphatic heterocycles. The van der Waals surface area contributed by atoms with E-state index in [9.17, 15) is 0 Å². The van der Waals surface area contributed by atoms with E-state index in [-0.39, 0.29) is 0 Å². The third-order valence-electron chi connectivity index (χ3n) is 5.28. The van der Waals surface area contributed by atoms with Crippen LogP contribution < -0.4 is 0 Å². The van der Waals surface area contributed by atoms with Gasteiger partial charge >= 0.3 is 0 Å². The van der Waals surface area contributed by atoms with E-state index in [0.29, 0.717) is 5.71 Å². The van der Waals surface area contributed by atoms with Gasteiger partial charge in [-0.1, -0.05) is 81.7 Å². The summed E-state index contributed by atoms with van der Waals surface area (Å²) in [6.07, 6.45) is 9.41. The van der Waals surface area contributed by atoms with Crippen LogP contribution in [0, 0.1) is 12.3 Å². The lowest BCUT2D eigenvalue weighted by Gasteiger charge is -2.10. The molecule has 1 N–H and O–H groups in total. The minimum atomic E-state index is 0.622. The Hall–Kier alpha value is -2.15. The van der Waals surface area contributed by atoms with Crippen molar-refractivity contribution in [3.05, 3.63) is 82.5 Å². The molecular weight excluding hydrogens is 374 g/mol. The van der Waals surface area contributed by atoms with Crippen molar-refractivity contribution in [2.45, 2.75) is 101 Å². The first-order valence-electron chi connectivity index (χ1n) is 11.8. The van der Waals surface area contributed by atoms with Crippen LogP contribution in [0.3, 0.4) is 0 Å². The smallest absolute Gasteiger partial charge is 0.0314 e. The molecule has 1 aromatic rings. The first kappa shape index (κ1) is 31.0. The Labute approximate surface area is 194 Å². The van der Waals surface area contributed by atoms with Crippen LogP contribution in [0.5, 0.6) is 0 Å². The molecule has 0 unspecified atom stereocenters. The number of unbranched alkanes of at least 4 members (excludes halogenated alkanes) is 2. The molecule has 0 fully saturated rings. The van der Waals surface area contributed by atoms with Gasteiger partial charge in [-0.15, -0.1) is 6.58 Å². The molecule has 1 rings (SSSR count). The summed E-state index contributed by atoms with van der Waals surface area (Å²) in [7, 11) is 0. The third kappa shape index (κ3) is 16.2. The van der Waals surface area contributed by atoms with E-state index in [1.165, 1.54) is 41.5 Å². The normalized spacial score (nSPS) is 11.3. The van der Waals surface area contributed by atoms with Gasteiger partial charge in [0.2, 0.25) is 0 Å². The SMILES string of the molecule is C=C(/C(C)=C(/C)C(C)=N)/C(C)=C/CCC.C=C(C)CCCC.CCc1ccc(C)cc1. The van der Waals surface area contributed by atoms with Crippen molar-refractivity contribution in [2.24, 2.45) is 0 Å². The zero-order valence-electron chi connectivity index (χ0n) is 22.0. The molecule has 0 radical (unpaired) electrons. The Bertz CT molecular complexity index is 726. The molecule has 0 aromatic heterocycles. The summed E-state index contributed by atoms with van der Waals surface area (Å²) in [6.45, 7) is 26.5. The molecule has 0 aliphatic carbocycles. The van der Waals surface area contributed by atoms with Crippen LogP contribution >= 0.6 is 0 Å². The highest BCUT2D eigenvalue weighted by atomic mass is 14.4. The highest BCUT2D eigenvalue weighted by Crippen LogP contribution is 2.21. The number of nitrogens with one attached hydrogen (secondary N) is 1. The van der Waals surface area contributed by atoms with E-state index in [1.54, 1.807) is 0 Å². The van der Waals surface area contributed by atoms with Crippen molar-refractivity contribution in [3.8, 4) is 0 Å². The number of allylic oxidation sites excluding steroid dienone is 6. The van der Waals surface area contributed by atoms with Crippen molar-refractivity contribution in [3.63, 3.8) is 0 Å². The predicted octanol–water partition coefficient (Wildman–Crippen LogP) is 9.98. The summed E-state index contributed by atoms with van der Waals surface area (Å²) in [5.74, 6) is 0. The molecule has 0 bridgehead atoms. The molecule has 0 saturated heterocycles. The molecule has 1 aromatic carbocycles. The van der Waals surface area contributed by atoms with Crippen molar-refractivity contribution in [2.75, 3.05) is 0 Å². The molecule has 1 nitrogen and oxygen atoms in total. The molecule has 0 saturated carbocycles. The summed E-state index contributed by atoms with van der Waals surface area (Å²) in [5.41, 5.74) is 9.14. The maximum atomic E-state index is 7.58. The Balaban J connectivity index is 0. The maximum Gasteiger partial charge on any atom is 0.0314 e. The second kappa shape index (κ2) is 18.6. The third-order valence-corrected chi connectivity index (χ3v) is 5.28. The minimum absolute atomic E-state index is 0.622. The van der Waals surface area contributed by atoms with E-state index in [1.807, 2.05) is 20.8 Å². The first-order chi connectivity index (χ1) is 14.5. The lowest BCUT2D eigenvalue weighted by Crippen LogP contribution is -1.97. The molecule has 0 aliphatic rings. The number of hydrogen-bond donors (Lipinski definition) is 1. The Morgan fingerprint density at radius 2 is 1.42 bits per heavy atom. The lowest BCUT2D eigenvalue weighted by molar-refractivity contribution is 0.789. The summed E-state index contributed by atoms with van der Waals surface area (Å²) < 4.78 is 0. The maximum absolute atomic E-state index is 7.58. The van der Waals surface area contributed by atoms with Gasteiger partial charge in [0.05, 0.1) is 0 Å². The Kier molecular flexibility index (Phi) is 18.6. The van der Waals surface area contributed by atoms with E-state index in [0.717, 1.165) is 36.0 Å². The standard InChI is InChI=1S/C14H23N.C9H12.C7H14/c1-7-8-9-10(2)11(3)12(4)13(5)14(6)15;1-3-9-6-4-8(2)5-7-9;1-4-5-6-7(2)3/h9,15H,3,7-8H2,1-2,4-6H3;4-7H,3H2,1-2H3;2,4-6H2,1,3H3/b10-9+,13-12-,15-14?;;. The molecule has 0 amide bonds. The summed E-state index contributed by atoms with van der Waals surface area (Å²) in [6, 6.07) is 8.66. The fraction of sp³-hybridized carbons (Fsp3) is 0.500. The second-order valence-corrected chi connectivity index (χ2v) is 8.43. The fourth-order valence-corrected chi connectivity index (χ4v) is 2.59. The van der Waals surface area contributed by atoms with E-state index >= 15 is 0 Å². The van der Waals surface area contributed by atoms with Crippen LogP contribution in [-0.4, -0.2) is 5.71 Å². The lowest BCUT2D eigenvalue weighted by atomic mass is 9.95. The van der Waals surface area contributed by atoms with E-state index in [2.05, 4.69) is 85.0 Å². The van der Waals surface area contributed by atoms with Crippen molar-refractivity contribution in [1.29, 1.82) is 5.41 Å². The van der Waals surface area contributed by atoms with E-state index < -0.39 is 0 Å². The van der Waals surface area contributed by atoms with Gasteiger partial charge in [-0.25, -0.2) is 0 Å². The van der Waals surface area contributed by atoms with Gasteiger partial charge < -0.3 is 5.41 Å². The van der Waals surface area contributed by atoms with Crippen LogP contribution in [0.15, 0.2) is 71.4 Å². The highest BCUT2D eigenvalue weighted by Gasteiger charge is 2.04. The fourth-order valence-electron chi connectivity index (χ4n) is 2.59. The van der Waals surface area contributed by atoms with Crippen molar-refractivity contribution < 1.29 is 0 Å². The van der Waals surface area contributed by atoms with E-state index in [4.69, 9.17) is 5.41 Å². The molecule has 0 atom stereocenters. The van der Waals surface area contributed by atoms with Crippen LogP contribution in [0.1, 0.15) is 98.6 Å². The molecule has 174 valence electrons. The molecular formula is C30H49N. The van der Waals surface area contributed by atoms with Crippen molar-refractivity contribution >= 4 is 5.71 Å². The van der Waals surface area contributed by atoms with Gasteiger partial charge in [0, 0.05) is 5.71 Å². The monoisotopic (exact) mass is 423 g/mol. The van der Waals surface area contributed by atoms with Gasteiger partial charge in [-0.2, -0.15) is 0 Å². The quantitative estimate of drug-likeness (QED) is 0.232. The van der Waals surface area contributed by atoms with Crippen LogP contribution in [0.2, 0.25) is 0 Å². The molecule has 0 spiro atoms. The van der Waals surface area contributed by atoms with Gasteiger partial charge in [0.25, 0.3) is 0 Å².